The third-order valence-corrected chi connectivity index (χ3v) is 11.6. The third kappa shape index (κ3) is 6.58. The Labute approximate surface area is 237 Å². The summed E-state index contributed by atoms with van der Waals surface area (Å²) in [5.41, 5.74) is 11.5. The minimum absolute atomic E-state index is 0. The van der Waals surface area contributed by atoms with E-state index in [-0.39, 0.29) is 37.5 Å². The molecule has 3 unspecified atom stereocenters. The summed E-state index contributed by atoms with van der Waals surface area (Å²) in [6.07, 6.45) is 9.32. The molecule has 3 atom stereocenters. The molecule has 4 bridgehead atoms. The van der Waals surface area contributed by atoms with Crippen LogP contribution in [0.2, 0.25) is 0 Å². The Balaban J connectivity index is 0.000000147. The average molecular weight is 604 g/mol. The van der Waals surface area contributed by atoms with Gasteiger partial charge >= 0.3 is 111 Å². The Morgan fingerprint density at radius 3 is 1.69 bits per heavy atom. The van der Waals surface area contributed by atoms with Crippen LogP contribution >= 0.6 is 0 Å². The summed E-state index contributed by atoms with van der Waals surface area (Å²) in [5.74, 6) is 2.52. The number of carbonyl (C=O) groups excluding carboxylic acids is 1. The summed E-state index contributed by atoms with van der Waals surface area (Å²) in [6.45, 7) is 8.67. The van der Waals surface area contributed by atoms with Crippen LogP contribution in [0.3, 0.4) is 0 Å². The van der Waals surface area contributed by atoms with Gasteiger partial charge in [0.15, 0.2) is 0 Å². The molecule has 5 aliphatic carbocycles. The number of allylic oxidation sites excluding steroid dienone is 4. The van der Waals surface area contributed by atoms with Gasteiger partial charge in [-0.15, -0.1) is 6.92 Å². The molecule has 2 aromatic rings. The average Bonchev–Trinajstić information content (AvgIpc) is 3.33. The first kappa shape index (κ1) is 28.4. The zero-order valence-electron chi connectivity index (χ0n) is 21.6. The van der Waals surface area contributed by atoms with Crippen molar-refractivity contribution in [1.29, 1.82) is 0 Å². The van der Waals surface area contributed by atoms with E-state index in [1.54, 1.807) is 0 Å². The van der Waals surface area contributed by atoms with Crippen LogP contribution < -0.4 is 8.79 Å². The van der Waals surface area contributed by atoms with E-state index in [1.807, 2.05) is 0 Å². The second-order valence-electron chi connectivity index (χ2n) is 10.8. The van der Waals surface area contributed by atoms with Crippen molar-refractivity contribution in [2.24, 2.45) is 29.1 Å². The fraction of sp³-hybridized carbons (Fsp3) is 0.452. The van der Waals surface area contributed by atoms with Crippen LogP contribution in [0.25, 0.3) is 5.73 Å². The second-order valence-corrected chi connectivity index (χ2v) is 14.2. The molecule has 5 aliphatic rings. The monoisotopic (exact) mass is 604 g/mol. The molecule has 1 radical (unpaired) electrons. The number of benzene rings is 2. The predicted octanol–water partition coefficient (Wildman–Crippen LogP) is 6.18. The number of hydrogen-bond acceptors (Lipinski definition) is 1. The van der Waals surface area contributed by atoms with Gasteiger partial charge in [0.1, 0.15) is 0 Å². The van der Waals surface area contributed by atoms with E-state index in [2.05, 4.69) is 94.4 Å². The summed E-state index contributed by atoms with van der Waals surface area (Å²) >= 11 is -0.392. The number of rotatable bonds is 3. The van der Waals surface area contributed by atoms with Gasteiger partial charge in [0.25, 0.3) is 0 Å². The van der Waals surface area contributed by atoms with Crippen molar-refractivity contribution in [1.82, 2.24) is 0 Å². The number of amides is 1. The molecule has 4 saturated carbocycles. The van der Waals surface area contributed by atoms with E-state index >= 15 is 0 Å². The first-order chi connectivity index (χ1) is 16.3. The Morgan fingerprint density at radius 2 is 1.37 bits per heavy atom. The van der Waals surface area contributed by atoms with Crippen LogP contribution in [0.5, 0.6) is 0 Å². The Kier molecular flexibility index (Phi) is 10.0. The Hall–Kier alpha value is -1.18. The van der Waals surface area contributed by atoms with Gasteiger partial charge in [-0.2, -0.15) is 11.1 Å². The van der Waals surface area contributed by atoms with Crippen LogP contribution in [0, 0.1) is 35.2 Å². The SMILES string of the molecule is CC1=[C-]C(C)C(C)=C1C.[NH-]C(=O)C12CC3CC(CC1C3)C2.[Zr+2].c1cc[c]([GeH][c]2ccccc2)cc1. The molecule has 7 rings (SSSR count). The molecule has 4 fully saturated rings. The van der Waals surface area contributed by atoms with E-state index in [1.165, 1.54) is 44.8 Å². The van der Waals surface area contributed by atoms with E-state index in [0.717, 1.165) is 24.7 Å². The molecule has 181 valence electrons. The van der Waals surface area contributed by atoms with E-state index in [4.69, 9.17) is 5.73 Å². The van der Waals surface area contributed by atoms with Crippen LogP contribution in [-0.4, -0.2) is 21.3 Å². The van der Waals surface area contributed by atoms with Crippen molar-refractivity contribution in [3.63, 3.8) is 0 Å². The fourth-order valence-electron chi connectivity index (χ4n) is 6.62. The quantitative estimate of drug-likeness (QED) is 0.305. The summed E-state index contributed by atoms with van der Waals surface area (Å²) in [5, 5.41) is 0. The van der Waals surface area contributed by atoms with E-state index in [0.29, 0.717) is 11.8 Å². The third-order valence-electron chi connectivity index (χ3n) is 8.61. The van der Waals surface area contributed by atoms with E-state index < -0.39 is 15.4 Å². The molecular formula is C31H38GeNOZr. The molecule has 35 heavy (non-hydrogen) atoms. The topological polar surface area (TPSA) is 40.9 Å². The number of nitrogens with one attached hydrogen (secondary N) is 1. The van der Waals surface area contributed by atoms with Gasteiger partial charge in [-0.05, 0) is 49.9 Å². The first-order valence-electron chi connectivity index (χ1n) is 12.8. The van der Waals surface area contributed by atoms with Gasteiger partial charge in [0.2, 0.25) is 0 Å². The predicted molar refractivity (Wildman–Crippen MR) is 145 cm³/mol. The van der Waals surface area contributed by atoms with Crippen molar-refractivity contribution >= 4 is 30.1 Å². The van der Waals surface area contributed by atoms with Gasteiger partial charge in [0, 0.05) is 5.41 Å². The summed E-state index contributed by atoms with van der Waals surface area (Å²) in [6, 6.07) is 21.5. The molecule has 1 amide bonds. The van der Waals surface area contributed by atoms with Gasteiger partial charge in [-0.25, -0.2) is 5.57 Å². The standard InChI is InChI=1S/C12H11Ge.C10H15NO.C9H13.Zr/c1-3-7-11(8-4-1)13-12-9-5-2-6-10-12;11-9(12)10-4-6-1-7(5-10)3-8(10)2-6;1-6-5-7(2)9(4)8(6)3;/h1-10,13H;6-8H,1-5H2,(H2,11,12);6H,1-4H3;/q;;-1;+2/p-1. The van der Waals surface area contributed by atoms with Crippen molar-refractivity contribution in [3.05, 3.63) is 89.2 Å². The van der Waals surface area contributed by atoms with Crippen molar-refractivity contribution in [3.8, 4) is 0 Å². The fourth-order valence-corrected chi connectivity index (χ4v) is 9.17. The summed E-state index contributed by atoms with van der Waals surface area (Å²) in [7, 11) is 0. The van der Waals surface area contributed by atoms with Gasteiger partial charge < -0.3 is 10.5 Å². The van der Waals surface area contributed by atoms with Crippen LogP contribution in [-0.2, 0) is 31.0 Å². The molecule has 0 spiro atoms. The van der Waals surface area contributed by atoms with Crippen molar-refractivity contribution < 1.29 is 31.0 Å². The van der Waals surface area contributed by atoms with Crippen molar-refractivity contribution in [2.75, 3.05) is 0 Å². The van der Waals surface area contributed by atoms with Gasteiger partial charge in [-0.3, -0.25) is 6.08 Å². The summed E-state index contributed by atoms with van der Waals surface area (Å²) in [4.78, 5) is 11.3. The number of hydrogen-bond donors (Lipinski definition) is 0. The van der Waals surface area contributed by atoms with Gasteiger partial charge in [-0.1, -0.05) is 26.7 Å². The molecule has 0 saturated heterocycles. The second kappa shape index (κ2) is 12.4. The van der Waals surface area contributed by atoms with Crippen LogP contribution in [0.1, 0.15) is 59.8 Å². The Morgan fingerprint density at radius 1 is 0.886 bits per heavy atom. The van der Waals surface area contributed by atoms with E-state index in [9.17, 15) is 4.79 Å². The van der Waals surface area contributed by atoms with Crippen molar-refractivity contribution in [2.45, 2.75) is 59.8 Å². The minimum atomic E-state index is -0.392. The molecule has 2 aromatic carbocycles. The summed E-state index contributed by atoms with van der Waals surface area (Å²) < 4.78 is 3.05. The molecule has 4 heteroatoms. The normalized spacial score (nSPS) is 29.4. The number of carbonyl (C=O) groups is 1. The zero-order chi connectivity index (χ0) is 24.3. The Bertz CT molecular complexity index is 1010. The molecule has 2 nitrogen and oxygen atoms in total. The molecular weight excluding hydrogens is 566 g/mol. The molecule has 0 heterocycles. The first-order valence-corrected chi connectivity index (χ1v) is 15.2. The zero-order valence-corrected chi connectivity index (χ0v) is 26.5. The van der Waals surface area contributed by atoms with Crippen LogP contribution in [0.4, 0.5) is 0 Å². The molecule has 0 aromatic heterocycles. The maximum absolute atomic E-state index is 11.3. The molecule has 1 N–H and O–H groups in total. The molecule has 0 aliphatic heterocycles. The van der Waals surface area contributed by atoms with Crippen LogP contribution in [0.15, 0.2) is 77.4 Å². The van der Waals surface area contributed by atoms with Gasteiger partial charge in [0.05, 0.1) is 5.91 Å². The maximum atomic E-state index is 11.3.